The Balaban J connectivity index is 1.63. The lowest BCUT2D eigenvalue weighted by atomic mass is 10.0. The Morgan fingerprint density at radius 3 is 2.95 bits per heavy atom. The first-order valence-corrected chi connectivity index (χ1v) is 7.64. The van der Waals surface area contributed by atoms with Gasteiger partial charge in [-0.05, 0) is 31.0 Å². The van der Waals surface area contributed by atoms with Crippen LogP contribution in [-0.4, -0.2) is 27.1 Å². The second kappa shape index (κ2) is 5.90. The Labute approximate surface area is 125 Å². The van der Waals surface area contributed by atoms with E-state index in [9.17, 15) is 5.11 Å². The number of aromatic nitrogens is 2. The number of para-hydroxylation sites is 1. The second-order valence-corrected chi connectivity index (χ2v) is 5.78. The molecule has 0 saturated carbocycles. The lowest BCUT2D eigenvalue weighted by molar-refractivity contribution is 0.0495. The van der Waals surface area contributed by atoms with Crippen LogP contribution in [0.1, 0.15) is 37.6 Å². The van der Waals surface area contributed by atoms with E-state index in [1.165, 1.54) is 5.56 Å². The highest BCUT2D eigenvalue weighted by molar-refractivity contribution is 5.37. The standard InChI is InChI=1S/C17H22N2O2/c1-3-12(2)19-9-8-14(18-19)11-15(20)17-10-13-6-4-5-7-16(13)21-17/h4-9,12,15,17,20H,3,10-11H2,1-2H3. The van der Waals surface area contributed by atoms with Crippen LogP contribution < -0.4 is 4.74 Å². The van der Waals surface area contributed by atoms with Crippen molar-refractivity contribution in [1.29, 1.82) is 0 Å². The van der Waals surface area contributed by atoms with Crippen molar-refractivity contribution in [2.75, 3.05) is 0 Å². The molecule has 2 heterocycles. The van der Waals surface area contributed by atoms with Crippen molar-refractivity contribution < 1.29 is 9.84 Å². The van der Waals surface area contributed by atoms with Crippen LogP contribution in [0.3, 0.4) is 0 Å². The number of benzene rings is 1. The summed E-state index contributed by atoms with van der Waals surface area (Å²) < 4.78 is 7.80. The first-order valence-electron chi connectivity index (χ1n) is 7.64. The van der Waals surface area contributed by atoms with E-state index in [0.717, 1.165) is 24.3 Å². The fraction of sp³-hybridized carbons (Fsp3) is 0.471. The monoisotopic (exact) mass is 286 g/mol. The van der Waals surface area contributed by atoms with Crippen LogP contribution in [-0.2, 0) is 12.8 Å². The summed E-state index contributed by atoms with van der Waals surface area (Å²) in [6.07, 6.45) is 3.63. The van der Waals surface area contributed by atoms with Crippen LogP contribution in [0.4, 0.5) is 0 Å². The van der Waals surface area contributed by atoms with E-state index in [0.29, 0.717) is 12.5 Å². The van der Waals surface area contributed by atoms with Crippen LogP contribution in [0.2, 0.25) is 0 Å². The quantitative estimate of drug-likeness (QED) is 0.919. The van der Waals surface area contributed by atoms with E-state index in [4.69, 9.17) is 4.74 Å². The molecule has 0 amide bonds. The minimum atomic E-state index is -0.530. The van der Waals surface area contributed by atoms with Crippen molar-refractivity contribution in [3.05, 3.63) is 47.8 Å². The Morgan fingerprint density at radius 1 is 1.38 bits per heavy atom. The van der Waals surface area contributed by atoms with Gasteiger partial charge in [-0.25, -0.2) is 0 Å². The van der Waals surface area contributed by atoms with Gasteiger partial charge in [-0.15, -0.1) is 0 Å². The summed E-state index contributed by atoms with van der Waals surface area (Å²) in [5.74, 6) is 0.895. The highest BCUT2D eigenvalue weighted by atomic mass is 16.5. The van der Waals surface area contributed by atoms with Crippen LogP contribution >= 0.6 is 0 Å². The summed E-state index contributed by atoms with van der Waals surface area (Å²) in [6, 6.07) is 10.4. The molecular formula is C17H22N2O2. The van der Waals surface area contributed by atoms with Crippen molar-refractivity contribution in [2.24, 2.45) is 0 Å². The molecule has 112 valence electrons. The molecule has 1 aromatic carbocycles. The number of nitrogens with zero attached hydrogens (tertiary/aromatic N) is 2. The summed E-state index contributed by atoms with van der Waals surface area (Å²) in [6.45, 7) is 4.29. The van der Waals surface area contributed by atoms with Gasteiger partial charge < -0.3 is 9.84 Å². The SMILES string of the molecule is CCC(C)n1ccc(CC(O)C2Cc3ccccc3O2)n1. The third-order valence-electron chi connectivity index (χ3n) is 4.23. The van der Waals surface area contributed by atoms with E-state index in [-0.39, 0.29) is 6.10 Å². The summed E-state index contributed by atoms with van der Waals surface area (Å²) in [5, 5.41) is 14.9. The molecule has 0 fully saturated rings. The molecule has 3 unspecified atom stereocenters. The number of fused-ring (bicyclic) bond motifs is 1. The maximum atomic E-state index is 10.4. The number of hydrogen-bond acceptors (Lipinski definition) is 3. The predicted octanol–water partition coefficient (Wildman–Crippen LogP) is 2.76. The predicted molar refractivity (Wildman–Crippen MR) is 81.5 cm³/mol. The second-order valence-electron chi connectivity index (χ2n) is 5.78. The molecule has 4 heteroatoms. The summed E-state index contributed by atoms with van der Waals surface area (Å²) in [7, 11) is 0. The van der Waals surface area contributed by atoms with Crippen molar-refractivity contribution in [3.8, 4) is 5.75 Å². The molecule has 1 aliphatic rings. The number of aliphatic hydroxyl groups is 1. The van der Waals surface area contributed by atoms with E-state index in [1.54, 1.807) is 0 Å². The zero-order chi connectivity index (χ0) is 14.8. The smallest absolute Gasteiger partial charge is 0.129 e. The highest BCUT2D eigenvalue weighted by Gasteiger charge is 2.29. The van der Waals surface area contributed by atoms with E-state index in [2.05, 4.69) is 25.0 Å². The van der Waals surface area contributed by atoms with Gasteiger partial charge in [-0.2, -0.15) is 5.10 Å². The van der Waals surface area contributed by atoms with Crippen LogP contribution in [0, 0.1) is 0 Å². The molecule has 4 nitrogen and oxygen atoms in total. The highest BCUT2D eigenvalue weighted by Crippen LogP contribution is 2.30. The molecule has 1 N–H and O–H groups in total. The Morgan fingerprint density at radius 2 is 2.19 bits per heavy atom. The molecule has 2 aromatic rings. The number of aliphatic hydroxyl groups excluding tert-OH is 1. The van der Waals surface area contributed by atoms with Gasteiger partial charge in [-0.1, -0.05) is 25.1 Å². The van der Waals surface area contributed by atoms with Gasteiger partial charge in [0.15, 0.2) is 0 Å². The van der Waals surface area contributed by atoms with Gasteiger partial charge in [-0.3, -0.25) is 4.68 Å². The first-order chi connectivity index (χ1) is 10.2. The number of hydrogen-bond donors (Lipinski definition) is 1. The Bertz CT molecular complexity index is 583. The fourth-order valence-electron chi connectivity index (χ4n) is 2.69. The van der Waals surface area contributed by atoms with Crippen LogP contribution in [0.25, 0.3) is 0 Å². The van der Waals surface area contributed by atoms with Gasteiger partial charge in [0, 0.05) is 25.1 Å². The number of ether oxygens (including phenoxy) is 1. The lowest BCUT2D eigenvalue weighted by Gasteiger charge is -2.17. The summed E-state index contributed by atoms with van der Waals surface area (Å²) in [4.78, 5) is 0. The normalized spacial score (nSPS) is 19.9. The molecule has 3 rings (SSSR count). The Kier molecular flexibility index (Phi) is 3.97. The largest absolute Gasteiger partial charge is 0.487 e. The topological polar surface area (TPSA) is 47.3 Å². The minimum absolute atomic E-state index is 0.170. The van der Waals surface area contributed by atoms with E-state index in [1.807, 2.05) is 35.1 Å². The van der Waals surface area contributed by atoms with Gasteiger partial charge in [0.05, 0.1) is 11.8 Å². The zero-order valence-corrected chi connectivity index (χ0v) is 12.6. The molecule has 1 aliphatic heterocycles. The maximum absolute atomic E-state index is 10.4. The minimum Gasteiger partial charge on any atom is -0.487 e. The lowest BCUT2D eigenvalue weighted by Crippen LogP contribution is -2.32. The first kappa shape index (κ1) is 14.1. The van der Waals surface area contributed by atoms with Crippen molar-refractivity contribution in [1.82, 2.24) is 9.78 Å². The van der Waals surface area contributed by atoms with E-state index < -0.39 is 6.10 Å². The molecule has 1 aromatic heterocycles. The zero-order valence-electron chi connectivity index (χ0n) is 12.6. The summed E-state index contributed by atoms with van der Waals surface area (Å²) in [5.41, 5.74) is 2.09. The van der Waals surface area contributed by atoms with Crippen molar-refractivity contribution in [2.45, 2.75) is 51.4 Å². The fourth-order valence-corrected chi connectivity index (χ4v) is 2.69. The molecule has 0 aliphatic carbocycles. The molecule has 0 bridgehead atoms. The van der Waals surface area contributed by atoms with Crippen molar-refractivity contribution in [3.63, 3.8) is 0 Å². The molecule has 0 saturated heterocycles. The molecule has 3 atom stereocenters. The van der Waals surface area contributed by atoms with Crippen molar-refractivity contribution >= 4 is 0 Å². The average molecular weight is 286 g/mol. The third kappa shape index (κ3) is 2.95. The van der Waals surface area contributed by atoms with E-state index >= 15 is 0 Å². The average Bonchev–Trinajstić information content (AvgIpc) is 3.12. The van der Waals surface area contributed by atoms with Gasteiger partial charge in [0.25, 0.3) is 0 Å². The van der Waals surface area contributed by atoms with Gasteiger partial charge >= 0.3 is 0 Å². The summed E-state index contributed by atoms with van der Waals surface area (Å²) >= 11 is 0. The molecule has 21 heavy (non-hydrogen) atoms. The van der Waals surface area contributed by atoms with Crippen LogP contribution in [0.5, 0.6) is 5.75 Å². The van der Waals surface area contributed by atoms with Gasteiger partial charge in [0.2, 0.25) is 0 Å². The molecule has 0 radical (unpaired) electrons. The molecular weight excluding hydrogens is 264 g/mol. The third-order valence-corrected chi connectivity index (χ3v) is 4.23. The number of rotatable bonds is 5. The molecule has 0 spiro atoms. The van der Waals surface area contributed by atoms with Crippen LogP contribution in [0.15, 0.2) is 36.5 Å². The Hall–Kier alpha value is -1.81. The maximum Gasteiger partial charge on any atom is 0.129 e. The van der Waals surface area contributed by atoms with Gasteiger partial charge in [0.1, 0.15) is 11.9 Å².